The molecule has 7 nitrogen and oxygen atoms in total. The Bertz CT molecular complexity index is 935. The summed E-state index contributed by atoms with van der Waals surface area (Å²) in [6.45, 7) is 3.21. The number of carbonyl (C=O) groups is 2. The van der Waals surface area contributed by atoms with Gasteiger partial charge in [0, 0.05) is 30.7 Å². The Morgan fingerprint density at radius 1 is 1.17 bits per heavy atom. The smallest absolute Gasteiger partial charge is 0.478 e. The molecule has 2 atom stereocenters. The number of likely N-dealkylation sites (tertiary alicyclic amines) is 1. The number of hydrogen-bond donors (Lipinski definition) is 2. The third-order valence-electron chi connectivity index (χ3n) is 5.39. The number of nitrogens with zero attached hydrogens (tertiary/aromatic N) is 3. The van der Waals surface area contributed by atoms with Crippen molar-refractivity contribution in [1.82, 2.24) is 9.88 Å². The van der Waals surface area contributed by atoms with Crippen LogP contribution in [0.15, 0.2) is 30.5 Å². The predicted octanol–water partition coefficient (Wildman–Crippen LogP) is 2.71. The van der Waals surface area contributed by atoms with Crippen molar-refractivity contribution in [2.45, 2.75) is 18.6 Å². The van der Waals surface area contributed by atoms with E-state index in [1.54, 1.807) is 18.3 Å². The maximum Gasteiger partial charge on any atom is 0.490 e. The minimum Gasteiger partial charge on any atom is -0.478 e. The molecule has 0 amide bonds. The number of aromatic nitrogens is 1. The van der Waals surface area contributed by atoms with E-state index in [1.165, 1.54) is 13.0 Å². The molecule has 4 rings (SSSR count). The second-order valence-electron chi connectivity index (χ2n) is 7.14. The van der Waals surface area contributed by atoms with E-state index in [2.05, 4.69) is 21.8 Å². The summed E-state index contributed by atoms with van der Waals surface area (Å²) >= 11 is 0. The lowest BCUT2D eigenvalue weighted by Crippen LogP contribution is -2.32. The van der Waals surface area contributed by atoms with Gasteiger partial charge in [-0.25, -0.2) is 9.59 Å². The van der Waals surface area contributed by atoms with E-state index in [1.807, 2.05) is 12.1 Å². The van der Waals surface area contributed by atoms with Crippen molar-refractivity contribution < 1.29 is 33.0 Å². The molecule has 0 radical (unpaired) electrons. The van der Waals surface area contributed by atoms with Gasteiger partial charge in [0.15, 0.2) is 0 Å². The Balaban J connectivity index is 0.000000298. The van der Waals surface area contributed by atoms with Crippen LogP contribution >= 0.6 is 0 Å². The zero-order chi connectivity index (χ0) is 21.3. The first-order valence-corrected chi connectivity index (χ1v) is 8.96. The number of carboxylic acids is 2. The number of benzene rings is 1. The third kappa shape index (κ3) is 4.26. The first-order valence-electron chi connectivity index (χ1n) is 8.96. The molecule has 1 aromatic carbocycles. The maximum atomic E-state index is 11.4. The molecule has 2 N–H and O–H groups in total. The van der Waals surface area contributed by atoms with Crippen molar-refractivity contribution in [1.29, 1.82) is 0 Å². The number of fused-ring (bicyclic) bond motifs is 2. The van der Waals surface area contributed by atoms with Gasteiger partial charge in [0.05, 0.1) is 16.8 Å². The van der Waals surface area contributed by atoms with Crippen molar-refractivity contribution in [2.75, 3.05) is 31.6 Å². The van der Waals surface area contributed by atoms with Gasteiger partial charge in [0.1, 0.15) is 0 Å². The van der Waals surface area contributed by atoms with Gasteiger partial charge in [-0.3, -0.25) is 4.98 Å². The molecule has 0 unspecified atom stereocenters. The molecule has 0 saturated carbocycles. The van der Waals surface area contributed by atoms with Crippen LogP contribution in [0, 0.1) is 5.92 Å². The molecule has 1 aromatic heterocycles. The number of halogens is 3. The largest absolute Gasteiger partial charge is 0.490 e. The highest BCUT2D eigenvalue weighted by Crippen LogP contribution is 2.36. The van der Waals surface area contributed by atoms with Gasteiger partial charge in [-0.2, -0.15) is 13.2 Å². The van der Waals surface area contributed by atoms with Gasteiger partial charge in [-0.1, -0.05) is 6.07 Å². The van der Waals surface area contributed by atoms with Gasteiger partial charge in [-0.15, -0.1) is 0 Å². The van der Waals surface area contributed by atoms with Gasteiger partial charge in [0.25, 0.3) is 0 Å². The number of aliphatic carboxylic acids is 1. The minimum absolute atomic E-state index is 0.323. The highest BCUT2D eigenvalue weighted by atomic mass is 19.4. The molecule has 10 heteroatoms. The van der Waals surface area contributed by atoms with Gasteiger partial charge < -0.3 is 20.0 Å². The summed E-state index contributed by atoms with van der Waals surface area (Å²) in [5, 5.41) is 17.2. The van der Waals surface area contributed by atoms with E-state index in [4.69, 9.17) is 9.90 Å². The van der Waals surface area contributed by atoms with Crippen LogP contribution < -0.4 is 4.90 Å². The summed E-state index contributed by atoms with van der Waals surface area (Å²) in [6, 6.07) is 7.88. The molecular weight excluding hydrogens is 391 g/mol. The number of anilines is 1. The summed E-state index contributed by atoms with van der Waals surface area (Å²) in [5.41, 5.74) is 2.18. The Kier molecular flexibility index (Phi) is 5.65. The molecule has 0 bridgehead atoms. The number of alkyl halides is 3. The molecule has 29 heavy (non-hydrogen) atoms. The van der Waals surface area contributed by atoms with E-state index in [9.17, 15) is 23.1 Å². The summed E-state index contributed by atoms with van der Waals surface area (Å²) < 4.78 is 31.7. The number of aromatic carboxylic acids is 1. The molecule has 2 aliphatic rings. The minimum atomic E-state index is -5.08. The molecule has 0 spiro atoms. The van der Waals surface area contributed by atoms with Gasteiger partial charge >= 0.3 is 18.1 Å². The Morgan fingerprint density at radius 2 is 1.86 bits per heavy atom. The zero-order valence-electron chi connectivity index (χ0n) is 15.6. The number of rotatable bonds is 2. The second kappa shape index (κ2) is 7.86. The van der Waals surface area contributed by atoms with Crippen LogP contribution in [0.3, 0.4) is 0 Å². The average molecular weight is 411 g/mol. The van der Waals surface area contributed by atoms with Crippen molar-refractivity contribution in [3.8, 4) is 0 Å². The van der Waals surface area contributed by atoms with Crippen LogP contribution in [-0.2, 0) is 4.79 Å². The lowest BCUT2D eigenvalue weighted by molar-refractivity contribution is -0.192. The lowest BCUT2D eigenvalue weighted by Gasteiger charge is -2.23. The highest BCUT2D eigenvalue weighted by molar-refractivity contribution is 6.06. The predicted molar refractivity (Wildman–Crippen MR) is 99.1 cm³/mol. The fourth-order valence-corrected chi connectivity index (χ4v) is 3.97. The quantitative estimate of drug-likeness (QED) is 0.785. The highest BCUT2D eigenvalue weighted by Gasteiger charge is 2.40. The summed E-state index contributed by atoms with van der Waals surface area (Å²) in [6.07, 6.45) is -2.10. The molecule has 2 aliphatic heterocycles. The molecule has 0 aliphatic carbocycles. The topological polar surface area (TPSA) is 94.0 Å². The van der Waals surface area contributed by atoms with E-state index in [0.717, 1.165) is 29.7 Å². The van der Waals surface area contributed by atoms with Crippen molar-refractivity contribution in [3.63, 3.8) is 0 Å². The molecule has 2 saturated heterocycles. The van der Waals surface area contributed by atoms with Crippen LogP contribution in [0.1, 0.15) is 16.8 Å². The normalized spacial score (nSPS) is 21.6. The molecular formula is C19H20F3N3O4. The zero-order valence-corrected chi connectivity index (χ0v) is 15.6. The second-order valence-corrected chi connectivity index (χ2v) is 7.14. The average Bonchev–Trinajstić information content (AvgIpc) is 3.22. The van der Waals surface area contributed by atoms with E-state index in [0.29, 0.717) is 17.5 Å². The summed E-state index contributed by atoms with van der Waals surface area (Å²) in [4.78, 5) is 29.6. The van der Waals surface area contributed by atoms with Crippen LogP contribution in [0.2, 0.25) is 0 Å². The van der Waals surface area contributed by atoms with Crippen LogP contribution in [-0.4, -0.2) is 70.9 Å². The first kappa shape index (κ1) is 20.8. The van der Waals surface area contributed by atoms with E-state index >= 15 is 0 Å². The standard InChI is InChI=1S/C17H19N3O2.C2HF3O2/c1-19-8-6-11-9-20(10-15(11)19)14-5-4-13(17(21)22)12-3-2-7-18-16(12)14;3-2(4,5)1(6)7/h2-5,7,11,15H,6,8-10H2,1H3,(H,21,22);(H,6,7)/t11-,15+;/m1./s1. The van der Waals surface area contributed by atoms with Crippen molar-refractivity contribution in [2.24, 2.45) is 5.92 Å². The lowest BCUT2D eigenvalue weighted by atomic mass is 10.1. The van der Waals surface area contributed by atoms with Crippen LogP contribution in [0.25, 0.3) is 10.9 Å². The van der Waals surface area contributed by atoms with Crippen LogP contribution in [0.5, 0.6) is 0 Å². The maximum absolute atomic E-state index is 11.4. The first-order chi connectivity index (χ1) is 13.6. The Hall–Kier alpha value is -2.88. The van der Waals surface area contributed by atoms with Crippen LogP contribution in [0.4, 0.5) is 18.9 Å². The number of carboxylic acid groups (broad SMARTS) is 2. The van der Waals surface area contributed by atoms with E-state index in [-0.39, 0.29) is 0 Å². The SMILES string of the molecule is CN1CC[C@@H]2CN(c3ccc(C(=O)O)c4cccnc34)C[C@@H]21.O=C(O)C(F)(F)F. The molecule has 2 aromatic rings. The molecule has 156 valence electrons. The fourth-order valence-electron chi connectivity index (χ4n) is 3.97. The summed E-state index contributed by atoms with van der Waals surface area (Å²) in [7, 11) is 2.19. The molecule has 2 fully saturated rings. The number of pyridine rings is 1. The summed E-state index contributed by atoms with van der Waals surface area (Å²) in [5.74, 6) is -2.95. The van der Waals surface area contributed by atoms with Gasteiger partial charge in [0.2, 0.25) is 0 Å². The third-order valence-corrected chi connectivity index (χ3v) is 5.39. The Morgan fingerprint density at radius 3 is 2.45 bits per heavy atom. The van der Waals surface area contributed by atoms with Gasteiger partial charge in [-0.05, 0) is 44.1 Å². The fraction of sp³-hybridized carbons (Fsp3) is 0.421. The van der Waals surface area contributed by atoms with Crippen molar-refractivity contribution in [3.05, 3.63) is 36.0 Å². The molecule has 3 heterocycles. The number of likely N-dealkylation sites (N-methyl/N-ethyl adjacent to an activating group) is 1. The monoisotopic (exact) mass is 411 g/mol. The van der Waals surface area contributed by atoms with Crippen molar-refractivity contribution >= 4 is 28.5 Å². The number of hydrogen-bond acceptors (Lipinski definition) is 5. The van der Waals surface area contributed by atoms with E-state index < -0.39 is 18.1 Å². The Labute approximate surface area is 164 Å².